The van der Waals surface area contributed by atoms with Gasteiger partial charge in [0.05, 0.1) is 11.6 Å². The molecule has 3 aromatic rings. The Kier molecular flexibility index (Phi) is 5.97. The fourth-order valence-corrected chi connectivity index (χ4v) is 4.47. The Morgan fingerprint density at radius 1 is 1.21 bits per heavy atom. The van der Waals surface area contributed by atoms with Crippen LogP contribution in [0.15, 0.2) is 64.9 Å². The largest absolute Gasteiger partial charge is 0.338 e. The standard InChI is InChI=1S/C22H21N3O2S2/c1-28-18-9-7-16(8-10-18)19-14-29-22(23-19)24-21(27)17-11-20(26)25(13-17)12-15-5-3-2-4-6-15/h2-10,14,17H,11-13H2,1H3,(H,23,24,27). The molecular formula is C22H21N3O2S2. The van der Waals surface area contributed by atoms with Gasteiger partial charge >= 0.3 is 0 Å². The molecule has 148 valence electrons. The quantitative estimate of drug-likeness (QED) is 0.592. The molecule has 1 fully saturated rings. The summed E-state index contributed by atoms with van der Waals surface area (Å²) in [6.45, 7) is 0.977. The summed E-state index contributed by atoms with van der Waals surface area (Å²) in [7, 11) is 0. The second-order valence-electron chi connectivity index (χ2n) is 6.92. The van der Waals surface area contributed by atoms with Crippen molar-refractivity contribution < 1.29 is 9.59 Å². The lowest BCUT2D eigenvalue weighted by Crippen LogP contribution is -2.28. The van der Waals surface area contributed by atoms with Crippen molar-refractivity contribution in [2.24, 2.45) is 5.92 Å². The minimum atomic E-state index is -0.348. The number of carbonyl (C=O) groups is 2. The molecule has 7 heteroatoms. The molecule has 0 spiro atoms. The van der Waals surface area contributed by atoms with E-state index in [1.54, 1.807) is 16.7 Å². The molecule has 1 aliphatic heterocycles. The number of nitrogens with one attached hydrogen (secondary N) is 1. The topological polar surface area (TPSA) is 62.3 Å². The Morgan fingerprint density at radius 3 is 2.69 bits per heavy atom. The van der Waals surface area contributed by atoms with E-state index in [1.165, 1.54) is 16.2 Å². The van der Waals surface area contributed by atoms with Crippen LogP contribution < -0.4 is 5.32 Å². The van der Waals surface area contributed by atoms with Crippen LogP contribution in [0.25, 0.3) is 11.3 Å². The predicted molar refractivity (Wildman–Crippen MR) is 118 cm³/mol. The van der Waals surface area contributed by atoms with Gasteiger partial charge in [0, 0.05) is 35.3 Å². The summed E-state index contributed by atoms with van der Waals surface area (Å²) in [6, 6.07) is 18.0. The van der Waals surface area contributed by atoms with Crippen LogP contribution in [0.5, 0.6) is 0 Å². The van der Waals surface area contributed by atoms with Crippen molar-refractivity contribution in [1.82, 2.24) is 9.88 Å². The van der Waals surface area contributed by atoms with E-state index in [1.807, 2.05) is 54.1 Å². The third-order valence-electron chi connectivity index (χ3n) is 4.92. The normalized spacial score (nSPS) is 16.2. The number of rotatable bonds is 6. The molecule has 1 N–H and O–H groups in total. The van der Waals surface area contributed by atoms with Gasteiger partial charge in [-0.15, -0.1) is 23.1 Å². The monoisotopic (exact) mass is 423 g/mol. The van der Waals surface area contributed by atoms with E-state index in [2.05, 4.69) is 22.4 Å². The fourth-order valence-electron chi connectivity index (χ4n) is 3.34. The van der Waals surface area contributed by atoms with E-state index < -0.39 is 0 Å². The second kappa shape index (κ2) is 8.80. The molecule has 1 aliphatic rings. The summed E-state index contributed by atoms with van der Waals surface area (Å²) in [6.07, 6.45) is 2.28. The summed E-state index contributed by atoms with van der Waals surface area (Å²) < 4.78 is 0. The highest BCUT2D eigenvalue weighted by Gasteiger charge is 2.34. The molecule has 0 saturated carbocycles. The number of amides is 2. The van der Waals surface area contributed by atoms with Gasteiger partial charge in [-0.25, -0.2) is 4.98 Å². The number of likely N-dealkylation sites (tertiary alicyclic amines) is 1. The van der Waals surface area contributed by atoms with Crippen LogP contribution in [0.2, 0.25) is 0 Å². The van der Waals surface area contributed by atoms with Crippen molar-refractivity contribution >= 4 is 40.0 Å². The first-order valence-electron chi connectivity index (χ1n) is 9.35. The van der Waals surface area contributed by atoms with Crippen LogP contribution in [0.1, 0.15) is 12.0 Å². The number of thiazole rings is 1. The van der Waals surface area contributed by atoms with E-state index in [0.717, 1.165) is 16.8 Å². The van der Waals surface area contributed by atoms with Crippen molar-refractivity contribution in [3.63, 3.8) is 0 Å². The minimum absolute atomic E-state index is 0.0164. The number of hydrogen-bond donors (Lipinski definition) is 1. The smallest absolute Gasteiger partial charge is 0.231 e. The van der Waals surface area contributed by atoms with E-state index >= 15 is 0 Å². The van der Waals surface area contributed by atoms with Gasteiger partial charge in [-0.2, -0.15) is 0 Å². The van der Waals surface area contributed by atoms with Crippen LogP contribution in [0.4, 0.5) is 5.13 Å². The number of thioether (sulfide) groups is 1. The van der Waals surface area contributed by atoms with Gasteiger partial charge in [0.2, 0.25) is 11.8 Å². The average Bonchev–Trinajstić information content (AvgIpc) is 3.36. The molecule has 4 rings (SSSR count). The maximum absolute atomic E-state index is 12.7. The third kappa shape index (κ3) is 4.68. The molecule has 2 heterocycles. The average molecular weight is 424 g/mol. The van der Waals surface area contributed by atoms with Gasteiger partial charge in [0.15, 0.2) is 5.13 Å². The zero-order valence-electron chi connectivity index (χ0n) is 16.0. The molecule has 1 atom stereocenters. The SMILES string of the molecule is CSc1ccc(-c2csc(NC(=O)C3CC(=O)N(Cc4ccccc4)C3)n2)cc1. The number of benzene rings is 2. The predicted octanol–water partition coefficient (Wildman–Crippen LogP) is 4.52. The van der Waals surface area contributed by atoms with Gasteiger partial charge in [-0.1, -0.05) is 42.5 Å². The van der Waals surface area contributed by atoms with Crippen molar-refractivity contribution in [3.05, 3.63) is 65.5 Å². The summed E-state index contributed by atoms with van der Waals surface area (Å²) >= 11 is 3.09. The number of aromatic nitrogens is 1. The number of nitrogens with zero attached hydrogens (tertiary/aromatic N) is 2. The second-order valence-corrected chi connectivity index (χ2v) is 8.65. The molecule has 29 heavy (non-hydrogen) atoms. The first-order chi connectivity index (χ1) is 14.1. The number of carbonyl (C=O) groups excluding carboxylic acids is 2. The van der Waals surface area contributed by atoms with E-state index in [4.69, 9.17) is 0 Å². The maximum atomic E-state index is 12.7. The van der Waals surface area contributed by atoms with Crippen molar-refractivity contribution in [2.75, 3.05) is 18.1 Å². The third-order valence-corrected chi connectivity index (χ3v) is 6.42. The first-order valence-corrected chi connectivity index (χ1v) is 11.5. The molecule has 0 aliphatic carbocycles. The molecule has 5 nitrogen and oxygen atoms in total. The summed E-state index contributed by atoms with van der Waals surface area (Å²) in [5.74, 6) is -0.477. The van der Waals surface area contributed by atoms with Crippen LogP contribution in [-0.2, 0) is 16.1 Å². The van der Waals surface area contributed by atoms with Gasteiger partial charge in [0.1, 0.15) is 0 Å². The Labute approximate surface area is 178 Å². The molecule has 0 radical (unpaired) electrons. The summed E-state index contributed by atoms with van der Waals surface area (Å²) in [4.78, 5) is 32.5. The van der Waals surface area contributed by atoms with Gasteiger partial charge in [0.25, 0.3) is 0 Å². The Morgan fingerprint density at radius 2 is 1.97 bits per heavy atom. The Balaban J connectivity index is 1.37. The molecule has 2 aromatic carbocycles. The summed E-state index contributed by atoms with van der Waals surface area (Å²) in [5, 5.41) is 5.39. The first kappa shape index (κ1) is 19.7. The van der Waals surface area contributed by atoms with E-state index in [0.29, 0.717) is 18.2 Å². The maximum Gasteiger partial charge on any atom is 0.231 e. The van der Waals surface area contributed by atoms with Crippen molar-refractivity contribution in [1.29, 1.82) is 0 Å². The molecular weight excluding hydrogens is 402 g/mol. The molecule has 1 aromatic heterocycles. The van der Waals surface area contributed by atoms with Crippen molar-refractivity contribution in [3.8, 4) is 11.3 Å². The lowest BCUT2D eigenvalue weighted by molar-refractivity contribution is -0.128. The highest BCUT2D eigenvalue weighted by Crippen LogP contribution is 2.28. The van der Waals surface area contributed by atoms with Crippen LogP contribution in [-0.4, -0.2) is 34.5 Å². The zero-order chi connectivity index (χ0) is 20.2. The van der Waals surface area contributed by atoms with Crippen molar-refractivity contribution in [2.45, 2.75) is 17.9 Å². The number of anilines is 1. The van der Waals surface area contributed by atoms with Crippen LogP contribution in [0, 0.1) is 5.92 Å². The lowest BCUT2D eigenvalue weighted by Gasteiger charge is -2.16. The van der Waals surface area contributed by atoms with E-state index in [-0.39, 0.29) is 24.2 Å². The van der Waals surface area contributed by atoms with Gasteiger partial charge < -0.3 is 10.2 Å². The molecule has 1 saturated heterocycles. The molecule has 2 amide bonds. The minimum Gasteiger partial charge on any atom is -0.338 e. The molecule has 0 bridgehead atoms. The van der Waals surface area contributed by atoms with Gasteiger partial charge in [-0.05, 0) is 24.0 Å². The lowest BCUT2D eigenvalue weighted by atomic mass is 10.1. The van der Waals surface area contributed by atoms with Gasteiger partial charge in [-0.3, -0.25) is 9.59 Å². The van der Waals surface area contributed by atoms with Crippen LogP contribution >= 0.6 is 23.1 Å². The van der Waals surface area contributed by atoms with Crippen LogP contribution in [0.3, 0.4) is 0 Å². The highest BCUT2D eigenvalue weighted by molar-refractivity contribution is 7.98. The Bertz CT molecular complexity index is 1000. The Hall–Kier alpha value is -2.64. The van der Waals surface area contributed by atoms with E-state index in [9.17, 15) is 9.59 Å². The fraction of sp³-hybridized carbons (Fsp3) is 0.227. The molecule has 1 unspecified atom stereocenters. The highest BCUT2D eigenvalue weighted by atomic mass is 32.2. The zero-order valence-corrected chi connectivity index (χ0v) is 17.6. The summed E-state index contributed by atoms with van der Waals surface area (Å²) in [5.41, 5.74) is 2.93. The number of hydrogen-bond acceptors (Lipinski definition) is 5.